The molecule has 0 aromatic heterocycles. The largest absolute Gasteiger partial charge is 0.0922 e. The van der Waals surface area contributed by atoms with Crippen LogP contribution in [0.1, 0.15) is 27.7 Å². The summed E-state index contributed by atoms with van der Waals surface area (Å²) in [5.41, 5.74) is 0.715. The van der Waals surface area contributed by atoms with Crippen molar-refractivity contribution in [3.8, 4) is 0 Å². The van der Waals surface area contributed by atoms with Gasteiger partial charge in [-0.1, -0.05) is 59.6 Å². The van der Waals surface area contributed by atoms with Crippen LogP contribution in [0.4, 0.5) is 0 Å². The van der Waals surface area contributed by atoms with E-state index < -0.39 is 0 Å². The number of rotatable bonds is 2. The van der Waals surface area contributed by atoms with Crippen LogP contribution >= 0.6 is 31.9 Å². The molecule has 0 aliphatic rings. The molecule has 62 valence electrons. The molecule has 0 fully saturated rings. The van der Waals surface area contributed by atoms with Gasteiger partial charge in [0.15, 0.2) is 0 Å². The van der Waals surface area contributed by atoms with E-state index in [1.54, 1.807) is 0 Å². The molecule has 10 heavy (non-hydrogen) atoms. The lowest BCUT2D eigenvalue weighted by Gasteiger charge is -2.39. The van der Waals surface area contributed by atoms with Crippen LogP contribution in [0.15, 0.2) is 0 Å². The topological polar surface area (TPSA) is 0 Å². The van der Waals surface area contributed by atoms with E-state index in [0.29, 0.717) is 10.8 Å². The van der Waals surface area contributed by atoms with Gasteiger partial charge in [0.2, 0.25) is 0 Å². The van der Waals surface area contributed by atoms with Gasteiger partial charge >= 0.3 is 0 Å². The molecule has 0 nitrogen and oxygen atoms in total. The molecular weight excluding hydrogens is 256 g/mol. The molecular formula is C8H16Br2. The Morgan fingerprint density at radius 1 is 0.900 bits per heavy atom. The maximum absolute atomic E-state index is 3.54. The second-order valence-electron chi connectivity index (χ2n) is 4.08. The van der Waals surface area contributed by atoms with Gasteiger partial charge in [0.25, 0.3) is 0 Å². The normalized spacial score (nSPS) is 13.8. The van der Waals surface area contributed by atoms with Crippen LogP contribution in [-0.4, -0.2) is 10.7 Å². The summed E-state index contributed by atoms with van der Waals surface area (Å²) in [4.78, 5) is 0. The fourth-order valence-electron chi connectivity index (χ4n) is 0.437. The van der Waals surface area contributed by atoms with Crippen molar-refractivity contribution in [2.24, 2.45) is 10.8 Å². The predicted molar refractivity (Wildman–Crippen MR) is 55.2 cm³/mol. The van der Waals surface area contributed by atoms with E-state index in [1.807, 2.05) is 0 Å². The Bertz CT molecular complexity index is 98.3. The Morgan fingerprint density at radius 2 is 1.20 bits per heavy atom. The highest BCUT2D eigenvalue weighted by atomic mass is 79.9. The van der Waals surface area contributed by atoms with Gasteiger partial charge in [-0.05, 0) is 10.8 Å². The second-order valence-corrected chi connectivity index (χ2v) is 5.20. The molecule has 0 unspecified atom stereocenters. The van der Waals surface area contributed by atoms with E-state index >= 15 is 0 Å². The van der Waals surface area contributed by atoms with Gasteiger partial charge in [-0.3, -0.25) is 0 Å². The van der Waals surface area contributed by atoms with E-state index in [2.05, 4.69) is 59.6 Å². The fourth-order valence-corrected chi connectivity index (χ4v) is 3.05. The van der Waals surface area contributed by atoms with E-state index in [9.17, 15) is 0 Å². The molecule has 0 saturated carbocycles. The van der Waals surface area contributed by atoms with E-state index in [1.165, 1.54) is 0 Å². The molecule has 0 bridgehead atoms. The van der Waals surface area contributed by atoms with Crippen LogP contribution in [0.5, 0.6) is 0 Å². The fraction of sp³-hybridized carbons (Fsp3) is 1.00. The summed E-state index contributed by atoms with van der Waals surface area (Å²) in [6, 6.07) is 0. The lowest BCUT2D eigenvalue weighted by atomic mass is 9.71. The van der Waals surface area contributed by atoms with Crippen molar-refractivity contribution in [3.63, 3.8) is 0 Å². The van der Waals surface area contributed by atoms with Crippen molar-refractivity contribution in [3.05, 3.63) is 0 Å². The quantitative estimate of drug-likeness (QED) is 0.670. The Kier molecular flexibility index (Phi) is 3.92. The molecule has 0 saturated heterocycles. The number of alkyl halides is 2. The average Bonchev–Trinajstić information content (AvgIpc) is 1.84. The SMILES string of the molecule is CC(C)(C)C(C)(CBr)CBr. The molecule has 0 spiro atoms. The van der Waals surface area contributed by atoms with Crippen molar-refractivity contribution in [2.75, 3.05) is 10.7 Å². The molecule has 0 N–H and O–H groups in total. The average molecular weight is 272 g/mol. The van der Waals surface area contributed by atoms with Crippen molar-refractivity contribution in [2.45, 2.75) is 27.7 Å². The molecule has 0 aromatic rings. The van der Waals surface area contributed by atoms with Crippen LogP contribution in [-0.2, 0) is 0 Å². The first-order valence-electron chi connectivity index (χ1n) is 3.49. The summed E-state index contributed by atoms with van der Waals surface area (Å²) >= 11 is 7.08. The minimum absolute atomic E-state index is 0.354. The number of hydrogen-bond acceptors (Lipinski definition) is 0. The Hall–Kier alpha value is 0.960. The molecule has 0 radical (unpaired) electrons. The van der Waals surface area contributed by atoms with Gasteiger partial charge in [-0.2, -0.15) is 0 Å². The summed E-state index contributed by atoms with van der Waals surface area (Å²) in [5.74, 6) is 0. The summed E-state index contributed by atoms with van der Waals surface area (Å²) in [7, 11) is 0. The zero-order valence-electron chi connectivity index (χ0n) is 7.17. The molecule has 0 aromatic carbocycles. The zero-order chi connectivity index (χ0) is 8.41. The molecule has 0 amide bonds. The Labute approximate surface area is 81.0 Å². The smallest absolute Gasteiger partial charge is 0.00983 e. The predicted octanol–water partition coefficient (Wildman–Crippen LogP) is 3.83. The molecule has 0 aliphatic carbocycles. The maximum atomic E-state index is 3.54. The lowest BCUT2D eigenvalue weighted by molar-refractivity contribution is 0.172. The zero-order valence-corrected chi connectivity index (χ0v) is 10.3. The van der Waals surface area contributed by atoms with Crippen molar-refractivity contribution in [1.82, 2.24) is 0 Å². The molecule has 2 heteroatoms. The van der Waals surface area contributed by atoms with Crippen molar-refractivity contribution >= 4 is 31.9 Å². The van der Waals surface area contributed by atoms with Crippen LogP contribution in [0, 0.1) is 10.8 Å². The van der Waals surface area contributed by atoms with Gasteiger partial charge in [0.1, 0.15) is 0 Å². The molecule has 0 heterocycles. The second kappa shape index (κ2) is 3.57. The molecule has 0 atom stereocenters. The Balaban J connectivity index is 4.33. The van der Waals surface area contributed by atoms with E-state index in [0.717, 1.165) is 10.7 Å². The lowest BCUT2D eigenvalue weighted by Crippen LogP contribution is -2.35. The molecule has 0 rings (SSSR count). The minimum Gasteiger partial charge on any atom is -0.0922 e. The maximum Gasteiger partial charge on any atom is 0.00983 e. The number of hydrogen-bond donors (Lipinski definition) is 0. The first-order chi connectivity index (χ1) is 4.37. The third-order valence-corrected chi connectivity index (χ3v) is 4.88. The first kappa shape index (κ1) is 11.0. The standard InChI is InChI=1S/C8H16Br2/c1-7(2,3)8(4,5-9)6-10/h5-6H2,1-4H3. The number of halogens is 2. The summed E-state index contributed by atoms with van der Waals surface area (Å²) in [6.07, 6.45) is 0. The Morgan fingerprint density at radius 3 is 1.20 bits per heavy atom. The van der Waals surface area contributed by atoms with Gasteiger partial charge < -0.3 is 0 Å². The summed E-state index contributed by atoms with van der Waals surface area (Å²) < 4.78 is 0. The van der Waals surface area contributed by atoms with E-state index in [-0.39, 0.29) is 0 Å². The van der Waals surface area contributed by atoms with Crippen molar-refractivity contribution in [1.29, 1.82) is 0 Å². The monoisotopic (exact) mass is 270 g/mol. The van der Waals surface area contributed by atoms with Gasteiger partial charge in [-0.15, -0.1) is 0 Å². The van der Waals surface area contributed by atoms with Crippen LogP contribution < -0.4 is 0 Å². The van der Waals surface area contributed by atoms with Crippen LogP contribution in [0.3, 0.4) is 0 Å². The summed E-state index contributed by atoms with van der Waals surface area (Å²) in [6.45, 7) is 9.11. The highest BCUT2D eigenvalue weighted by Crippen LogP contribution is 2.40. The van der Waals surface area contributed by atoms with Crippen LogP contribution in [0.2, 0.25) is 0 Å². The van der Waals surface area contributed by atoms with Gasteiger partial charge in [0.05, 0.1) is 0 Å². The first-order valence-corrected chi connectivity index (χ1v) is 5.73. The molecule has 0 aliphatic heterocycles. The highest BCUT2D eigenvalue weighted by molar-refractivity contribution is 9.09. The van der Waals surface area contributed by atoms with Crippen molar-refractivity contribution < 1.29 is 0 Å². The third-order valence-electron chi connectivity index (χ3n) is 2.40. The van der Waals surface area contributed by atoms with Gasteiger partial charge in [0, 0.05) is 10.7 Å². The minimum atomic E-state index is 0.354. The third kappa shape index (κ3) is 2.23. The van der Waals surface area contributed by atoms with Crippen LogP contribution in [0.25, 0.3) is 0 Å². The highest BCUT2D eigenvalue weighted by Gasteiger charge is 2.35. The van der Waals surface area contributed by atoms with E-state index in [4.69, 9.17) is 0 Å². The van der Waals surface area contributed by atoms with Gasteiger partial charge in [-0.25, -0.2) is 0 Å². The summed E-state index contributed by atoms with van der Waals surface area (Å²) in [5, 5.41) is 2.10.